The quantitative estimate of drug-likeness (QED) is 0.457. The number of hydrogen-bond acceptors (Lipinski definition) is 6. The summed E-state index contributed by atoms with van der Waals surface area (Å²) in [5.41, 5.74) is -0.273. The second kappa shape index (κ2) is 12.5. The lowest BCUT2D eigenvalue weighted by atomic mass is 9.88. The fourth-order valence-corrected chi connectivity index (χ4v) is 6.75. The zero-order valence-electron chi connectivity index (χ0n) is 23.2. The third kappa shape index (κ3) is 7.87. The molecule has 2 aliphatic heterocycles. The van der Waals surface area contributed by atoms with Crippen molar-refractivity contribution in [3.63, 3.8) is 0 Å². The van der Waals surface area contributed by atoms with Gasteiger partial charge in [0.15, 0.2) is 0 Å². The molecule has 0 bridgehead atoms. The highest BCUT2D eigenvalue weighted by molar-refractivity contribution is 7.89. The molecule has 13 heteroatoms. The predicted octanol–water partition coefficient (Wildman–Crippen LogP) is 5.24. The summed E-state index contributed by atoms with van der Waals surface area (Å²) in [7, 11) is -4.07. The van der Waals surface area contributed by atoms with Crippen molar-refractivity contribution in [2.24, 2.45) is 0 Å². The minimum atomic E-state index is -4.07. The second-order valence-electron chi connectivity index (χ2n) is 11.2. The summed E-state index contributed by atoms with van der Waals surface area (Å²) in [6.45, 7) is 6.10. The van der Waals surface area contributed by atoms with Crippen LogP contribution in [0.25, 0.3) is 0 Å². The number of benzene rings is 2. The van der Waals surface area contributed by atoms with E-state index in [1.165, 1.54) is 50.5 Å². The Morgan fingerprint density at radius 2 is 1.49 bits per heavy atom. The van der Waals surface area contributed by atoms with Crippen LogP contribution in [-0.4, -0.2) is 85.7 Å². The van der Waals surface area contributed by atoms with Crippen molar-refractivity contribution in [2.45, 2.75) is 56.1 Å². The molecule has 2 aliphatic rings. The topological polar surface area (TPSA) is 96.5 Å². The molecule has 4 rings (SSSR count). The average molecular weight is 614 g/mol. The molecule has 41 heavy (non-hydrogen) atoms. The lowest BCUT2D eigenvalue weighted by Gasteiger charge is -2.39. The summed E-state index contributed by atoms with van der Waals surface area (Å²) in [5.74, 6) is -1.94. The van der Waals surface area contributed by atoms with Crippen LogP contribution in [0.2, 0.25) is 5.02 Å². The first-order chi connectivity index (χ1) is 19.2. The van der Waals surface area contributed by atoms with E-state index >= 15 is 0 Å². The number of ether oxygens (including phenoxy) is 2. The van der Waals surface area contributed by atoms with Gasteiger partial charge >= 0.3 is 12.2 Å². The van der Waals surface area contributed by atoms with Crippen LogP contribution in [0.1, 0.15) is 45.1 Å². The highest BCUT2D eigenvalue weighted by Crippen LogP contribution is 2.35. The maximum absolute atomic E-state index is 13.9. The van der Waals surface area contributed by atoms with Crippen LogP contribution >= 0.6 is 11.6 Å². The number of carbonyl (C=O) groups excluding carboxylic acids is 2. The van der Waals surface area contributed by atoms with Crippen LogP contribution in [0.3, 0.4) is 0 Å². The highest BCUT2D eigenvalue weighted by atomic mass is 35.5. The fraction of sp³-hybridized carbons (Fsp3) is 0.500. The van der Waals surface area contributed by atoms with Crippen molar-refractivity contribution in [3.8, 4) is 0 Å². The molecule has 224 valence electrons. The molecule has 2 aromatic rings. The average Bonchev–Trinajstić information content (AvgIpc) is 2.90. The molecule has 2 atom stereocenters. The normalized spacial score (nSPS) is 20.5. The van der Waals surface area contributed by atoms with E-state index in [1.807, 2.05) is 0 Å². The van der Waals surface area contributed by atoms with Crippen molar-refractivity contribution >= 4 is 33.8 Å². The van der Waals surface area contributed by atoms with Gasteiger partial charge in [-0.1, -0.05) is 11.6 Å². The SMILES string of the molecule is CC(C)(C)OC(=O)N1CCN(C(=O)OC[C@H]2CC[C@@H](c3cc(F)cc(F)c3)CN2S(=O)(=O)c2ccc(Cl)cc2)CC1. The molecule has 2 heterocycles. The molecule has 0 unspecified atom stereocenters. The van der Waals surface area contributed by atoms with Gasteiger partial charge in [-0.3, -0.25) is 0 Å². The number of rotatable bonds is 5. The van der Waals surface area contributed by atoms with Gasteiger partial charge in [-0.2, -0.15) is 4.31 Å². The summed E-state index contributed by atoms with van der Waals surface area (Å²) in [5, 5.41) is 0.368. The van der Waals surface area contributed by atoms with Gasteiger partial charge in [0.05, 0.1) is 10.9 Å². The Hall–Kier alpha value is -2.96. The van der Waals surface area contributed by atoms with Gasteiger partial charge in [-0.15, -0.1) is 0 Å². The summed E-state index contributed by atoms with van der Waals surface area (Å²) in [4.78, 5) is 28.2. The Labute approximate surface area is 244 Å². The molecule has 2 aromatic carbocycles. The molecule has 2 saturated heterocycles. The van der Waals surface area contributed by atoms with Crippen LogP contribution in [0.15, 0.2) is 47.4 Å². The summed E-state index contributed by atoms with van der Waals surface area (Å²) in [6, 6.07) is 8.18. The molecule has 0 saturated carbocycles. The monoisotopic (exact) mass is 613 g/mol. The van der Waals surface area contributed by atoms with Gasteiger partial charge < -0.3 is 19.3 Å². The minimum Gasteiger partial charge on any atom is -0.448 e. The van der Waals surface area contributed by atoms with Gasteiger partial charge in [0.2, 0.25) is 10.0 Å². The molecule has 0 aromatic heterocycles. The van der Waals surface area contributed by atoms with Crippen LogP contribution in [0.4, 0.5) is 18.4 Å². The van der Waals surface area contributed by atoms with Gasteiger partial charge in [-0.05, 0) is 81.5 Å². The van der Waals surface area contributed by atoms with Crippen molar-refractivity contribution in [2.75, 3.05) is 39.3 Å². The summed E-state index contributed by atoms with van der Waals surface area (Å²) < 4.78 is 67.5. The number of piperidine rings is 1. The lowest BCUT2D eigenvalue weighted by molar-refractivity contribution is 0.0114. The van der Waals surface area contributed by atoms with Crippen LogP contribution < -0.4 is 0 Å². The highest BCUT2D eigenvalue weighted by Gasteiger charge is 2.39. The van der Waals surface area contributed by atoms with E-state index in [0.717, 1.165) is 6.07 Å². The smallest absolute Gasteiger partial charge is 0.410 e. The number of piperazine rings is 1. The molecule has 0 N–H and O–H groups in total. The largest absolute Gasteiger partial charge is 0.448 e. The predicted molar refractivity (Wildman–Crippen MR) is 148 cm³/mol. The Morgan fingerprint density at radius 1 is 0.927 bits per heavy atom. The molecule has 0 aliphatic carbocycles. The Bertz CT molecular complexity index is 1340. The number of hydrogen-bond donors (Lipinski definition) is 0. The number of nitrogens with zero attached hydrogens (tertiary/aromatic N) is 3. The maximum atomic E-state index is 13.9. The first-order valence-corrected chi connectivity index (χ1v) is 15.2. The summed E-state index contributed by atoms with van der Waals surface area (Å²) in [6.07, 6.45) is -0.336. The van der Waals surface area contributed by atoms with E-state index in [4.69, 9.17) is 21.1 Å². The van der Waals surface area contributed by atoms with Crippen LogP contribution in [-0.2, 0) is 19.5 Å². The third-order valence-corrected chi connectivity index (χ3v) is 9.21. The minimum absolute atomic E-state index is 0.00237. The van der Waals surface area contributed by atoms with Crippen molar-refractivity contribution in [1.29, 1.82) is 0 Å². The Morgan fingerprint density at radius 3 is 2.05 bits per heavy atom. The third-order valence-electron chi connectivity index (χ3n) is 7.02. The number of carbonyl (C=O) groups is 2. The first kappa shape index (κ1) is 31.0. The van der Waals surface area contributed by atoms with Crippen molar-refractivity contribution < 1.29 is 36.3 Å². The molecule has 0 radical (unpaired) electrons. The maximum Gasteiger partial charge on any atom is 0.410 e. The molecule has 0 spiro atoms. The van der Waals surface area contributed by atoms with Gasteiger partial charge in [0.25, 0.3) is 0 Å². The number of sulfonamides is 1. The zero-order valence-corrected chi connectivity index (χ0v) is 24.8. The van der Waals surface area contributed by atoms with E-state index in [-0.39, 0.29) is 44.2 Å². The van der Waals surface area contributed by atoms with Crippen molar-refractivity contribution in [1.82, 2.24) is 14.1 Å². The fourth-order valence-electron chi connectivity index (χ4n) is 4.94. The molecule has 9 nitrogen and oxygen atoms in total. The van der Waals surface area contributed by atoms with Gasteiger partial charge in [0.1, 0.15) is 23.8 Å². The molecule has 2 fully saturated rings. The van der Waals surface area contributed by atoms with Crippen molar-refractivity contribution in [3.05, 3.63) is 64.7 Å². The molecule has 2 amide bonds. The van der Waals surface area contributed by atoms with E-state index in [1.54, 1.807) is 20.8 Å². The Balaban J connectivity index is 1.45. The van der Waals surface area contributed by atoms with E-state index in [0.29, 0.717) is 23.4 Å². The van der Waals surface area contributed by atoms with Crippen LogP contribution in [0.5, 0.6) is 0 Å². The van der Waals surface area contributed by atoms with Gasteiger partial charge in [-0.25, -0.2) is 26.8 Å². The number of halogens is 3. The molecular weight excluding hydrogens is 580 g/mol. The van der Waals surface area contributed by atoms with E-state index < -0.39 is 51.4 Å². The number of amides is 2. The van der Waals surface area contributed by atoms with Gasteiger partial charge in [0, 0.05) is 43.8 Å². The van der Waals surface area contributed by atoms with E-state index in [2.05, 4.69) is 0 Å². The first-order valence-electron chi connectivity index (χ1n) is 13.4. The zero-order chi connectivity index (χ0) is 29.9. The standard InChI is InChI=1S/C28H34ClF2N3O6S/c1-28(2,3)40-27(36)33-12-10-32(11-13-33)26(35)39-18-24-7-4-19(20-14-22(30)16-23(31)15-20)17-34(24)41(37,38)25-8-5-21(29)6-9-25/h5-6,8-9,14-16,19,24H,4,7,10-13,17-18H2,1-3H3/t19-,24-/m1/s1. The molecular formula is C28H34ClF2N3O6S. The summed E-state index contributed by atoms with van der Waals surface area (Å²) >= 11 is 5.95. The second-order valence-corrected chi connectivity index (χ2v) is 13.5. The van der Waals surface area contributed by atoms with Crippen LogP contribution in [0, 0.1) is 11.6 Å². The van der Waals surface area contributed by atoms with E-state index in [9.17, 15) is 26.8 Å². The lowest BCUT2D eigenvalue weighted by Crippen LogP contribution is -2.53. The Kier molecular flexibility index (Phi) is 9.45.